The molecule has 198 valence electrons. The van der Waals surface area contributed by atoms with Crippen LogP contribution < -0.4 is 10.9 Å². The van der Waals surface area contributed by atoms with Crippen LogP contribution in [0.5, 0.6) is 5.75 Å². The third kappa shape index (κ3) is 6.90. The molecule has 3 aromatic rings. The number of rotatable bonds is 8. The molecule has 0 amide bonds. The Morgan fingerprint density at radius 2 is 1.74 bits per heavy atom. The molecule has 7 heteroatoms. The van der Waals surface area contributed by atoms with Crippen molar-refractivity contribution in [2.45, 2.75) is 44.7 Å². The van der Waals surface area contributed by atoms with E-state index >= 15 is 0 Å². The number of benzene rings is 2. The van der Waals surface area contributed by atoms with Crippen LogP contribution in [0.2, 0.25) is 0 Å². The topological polar surface area (TPSA) is 90.5 Å². The summed E-state index contributed by atoms with van der Waals surface area (Å²) in [7, 11) is 0. The van der Waals surface area contributed by atoms with Gasteiger partial charge in [0.25, 0.3) is 5.56 Å². The number of aromatic nitrogens is 2. The predicted molar refractivity (Wildman–Crippen MR) is 148 cm³/mol. The van der Waals surface area contributed by atoms with Crippen molar-refractivity contribution in [1.82, 2.24) is 20.2 Å². The number of nitrogens with one attached hydrogen (secondary N) is 2. The molecule has 2 aliphatic rings. The first-order valence-electron chi connectivity index (χ1n) is 13.5. The van der Waals surface area contributed by atoms with E-state index in [1.165, 1.54) is 24.7 Å². The lowest BCUT2D eigenvalue weighted by atomic mass is 9.81. The van der Waals surface area contributed by atoms with Gasteiger partial charge in [-0.15, -0.1) is 0 Å². The van der Waals surface area contributed by atoms with E-state index in [1.807, 2.05) is 12.1 Å². The number of aromatic amines is 1. The second-order valence-corrected chi connectivity index (χ2v) is 10.6. The number of aromatic hydroxyl groups is 1. The highest BCUT2D eigenvalue weighted by Crippen LogP contribution is 2.28. The summed E-state index contributed by atoms with van der Waals surface area (Å²) in [4.78, 5) is 20.9. The average molecular weight is 513 g/mol. The van der Waals surface area contributed by atoms with Gasteiger partial charge in [-0.1, -0.05) is 43.0 Å². The molecule has 1 unspecified atom stereocenters. The van der Waals surface area contributed by atoms with Gasteiger partial charge in [-0.2, -0.15) is 0 Å². The van der Waals surface area contributed by atoms with Crippen molar-refractivity contribution >= 4 is 0 Å². The van der Waals surface area contributed by atoms with Gasteiger partial charge < -0.3 is 20.1 Å². The first-order chi connectivity index (χ1) is 18.5. The van der Waals surface area contributed by atoms with Gasteiger partial charge in [0.05, 0.1) is 25.2 Å². The molecule has 1 atom stereocenters. The number of morpholine rings is 1. The molecule has 0 radical (unpaired) electrons. The molecular formula is C31H36N4O3. The molecule has 1 saturated carbocycles. The largest absolute Gasteiger partial charge is 0.502 e. The number of nitrogens with zero attached hydrogens (tertiary/aromatic N) is 2. The van der Waals surface area contributed by atoms with Crippen LogP contribution in [0.3, 0.4) is 0 Å². The molecule has 1 aromatic heterocycles. The zero-order valence-corrected chi connectivity index (χ0v) is 22.0. The maximum atomic E-state index is 11.9. The van der Waals surface area contributed by atoms with E-state index in [1.54, 1.807) is 0 Å². The normalized spacial score (nSPS) is 20.2. The number of hydrogen-bond donors (Lipinski definition) is 3. The molecule has 2 aromatic carbocycles. The van der Waals surface area contributed by atoms with Crippen molar-refractivity contribution < 1.29 is 9.84 Å². The summed E-state index contributed by atoms with van der Waals surface area (Å²) in [6.07, 6.45) is 4.20. The van der Waals surface area contributed by atoms with Crippen molar-refractivity contribution in [1.29, 1.82) is 0 Å². The second kappa shape index (κ2) is 12.4. The van der Waals surface area contributed by atoms with Gasteiger partial charge in [0.2, 0.25) is 5.75 Å². The SMILES string of the molecule is CC1CC(NCC(Cc2nc[nH]c(=O)c2O)c2ccc(C#Cc3ccc(CN4CCOCC4)cc3)cc2)C1. The number of ether oxygens (including phenoxy) is 1. The molecule has 3 N–H and O–H groups in total. The summed E-state index contributed by atoms with van der Waals surface area (Å²) in [5, 5.41) is 13.9. The van der Waals surface area contributed by atoms with Gasteiger partial charge in [0.1, 0.15) is 0 Å². The monoisotopic (exact) mass is 512 g/mol. The van der Waals surface area contributed by atoms with Crippen LogP contribution >= 0.6 is 0 Å². The van der Waals surface area contributed by atoms with E-state index in [2.05, 4.69) is 75.3 Å². The standard InChI is InChI=1S/C31H36N4O3/c1-22-16-28(17-22)32-19-27(18-29-30(36)31(37)34-21-33-29)26-10-8-24(9-11-26)3-2-23-4-6-25(7-5-23)20-35-12-14-38-15-13-35/h4-11,21-22,27-28,32,36H,12-20H2,1H3,(H,33,34,37). The number of H-pyrrole nitrogens is 1. The maximum Gasteiger partial charge on any atom is 0.293 e. The first-order valence-corrected chi connectivity index (χ1v) is 13.5. The van der Waals surface area contributed by atoms with Crippen LogP contribution in [-0.4, -0.2) is 58.9 Å². The Balaban J connectivity index is 1.24. The Morgan fingerprint density at radius 3 is 2.39 bits per heavy atom. The quantitative estimate of drug-likeness (QED) is 0.401. The summed E-state index contributed by atoms with van der Waals surface area (Å²) >= 11 is 0. The van der Waals surface area contributed by atoms with Crippen LogP contribution in [-0.2, 0) is 17.7 Å². The van der Waals surface area contributed by atoms with E-state index in [0.717, 1.165) is 62.0 Å². The molecule has 1 aliphatic carbocycles. The van der Waals surface area contributed by atoms with Crippen molar-refractivity contribution in [3.8, 4) is 17.6 Å². The summed E-state index contributed by atoms with van der Waals surface area (Å²) in [5.74, 6) is 7.10. The van der Waals surface area contributed by atoms with Crippen LogP contribution in [0.4, 0.5) is 0 Å². The minimum atomic E-state index is -0.505. The van der Waals surface area contributed by atoms with E-state index in [4.69, 9.17) is 4.74 Å². The lowest BCUT2D eigenvalue weighted by molar-refractivity contribution is 0.0342. The minimum Gasteiger partial charge on any atom is -0.502 e. The second-order valence-electron chi connectivity index (χ2n) is 10.6. The van der Waals surface area contributed by atoms with Gasteiger partial charge in [-0.05, 0) is 54.2 Å². The van der Waals surface area contributed by atoms with Gasteiger partial charge in [-0.3, -0.25) is 9.69 Å². The van der Waals surface area contributed by atoms with E-state index in [9.17, 15) is 9.90 Å². The van der Waals surface area contributed by atoms with Gasteiger partial charge in [-0.25, -0.2) is 4.98 Å². The Bertz CT molecular complexity index is 1310. The average Bonchev–Trinajstić information content (AvgIpc) is 2.92. The fourth-order valence-electron chi connectivity index (χ4n) is 5.19. The Morgan fingerprint density at radius 1 is 1.08 bits per heavy atom. The molecule has 2 fully saturated rings. The molecule has 1 aliphatic heterocycles. The highest BCUT2D eigenvalue weighted by atomic mass is 16.5. The van der Waals surface area contributed by atoms with Crippen LogP contribution in [0, 0.1) is 17.8 Å². The van der Waals surface area contributed by atoms with Crippen molar-refractivity contribution in [3.05, 3.63) is 93.2 Å². The molecule has 7 nitrogen and oxygen atoms in total. The fourth-order valence-corrected chi connectivity index (χ4v) is 5.19. The van der Waals surface area contributed by atoms with Crippen molar-refractivity contribution in [2.75, 3.05) is 32.8 Å². The molecule has 5 rings (SSSR count). The molecular weight excluding hydrogens is 476 g/mol. The third-order valence-corrected chi connectivity index (χ3v) is 7.57. The highest BCUT2D eigenvalue weighted by Gasteiger charge is 2.26. The summed E-state index contributed by atoms with van der Waals surface area (Å²) < 4.78 is 5.43. The summed E-state index contributed by atoms with van der Waals surface area (Å²) in [6, 6.07) is 17.3. The van der Waals surface area contributed by atoms with Crippen molar-refractivity contribution in [2.24, 2.45) is 5.92 Å². The molecule has 0 bridgehead atoms. The lowest BCUT2D eigenvalue weighted by Gasteiger charge is -2.34. The summed E-state index contributed by atoms with van der Waals surface area (Å²) in [5.41, 5.74) is 4.27. The van der Waals surface area contributed by atoms with Gasteiger partial charge >= 0.3 is 0 Å². The lowest BCUT2D eigenvalue weighted by Crippen LogP contribution is -2.42. The van der Waals surface area contributed by atoms with Crippen molar-refractivity contribution in [3.63, 3.8) is 0 Å². The van der Waals surface area contributed by atoms with Gasteiger partial charge in [0, 0.05) is 55.7 Å². The van der Waals surface area contributed by atoms with Gasteiger partial charge in [0.15, 0.2) is 0 Å². The Labute approximate surface area is 224 Å². The highest BCUT2D eigenvalue weighted by molar-refractivity contribution is 5.44. The summed E-state index contributed by atoms with van der Waals surface area (Å²) in [6.45, 7) is 7.56. The number of hydrogen-bond acceptors (Lipinski definition) is 6. The van der Waals surface area contributed by atoms with E-state index in [0.29, 0.717) is 18.2 Å². The van der Waals surface area contributed by atoms with E-state index in [-0.39, 0.29) is 11.7 Å². The fraction of sp³-hybridized carbons (Fsp3) is 0.419. The zero-order chi connectivity index (χ0) is 26.3. The molecule has 1 saturated heterocycles. The first kappa shape index (κ1) is 26.2. The van der Waals surface area contributed by atoms with E-state index < -0.39 is 5.56 Å². The Kier molecular flexibility index (Phi) is 8.54. The Hall–Kier alpha value is -3.44. The maximum absolute atomic E-state index is 11.9. The molecule has 0 spiro atoms. The molecule has 38 heavy (non-hydrogen) atoms. The predicted octanol–water partition coefficient (Wildman–Crippen LogP) is 3.42. The van der Waals surface area contributed by atoms with Crippen LogP contribution in [0.25, 0.3) is 0 Å². The van der Waals surface area contributed by atoms with Crippen LogP contribution in [0.15, 0.2) is 59.7 Å². The third-order valence-electron chi connectivity index (χ3n) is 7.57. The smallest absolute Gasteiger partial charge is 0.293 e. The molecule has 2 heterocycles. The minimum absolute atomic E-state index is 0.0760. The van der Waals surface area contributed by atoms with Crippen LogP contribution in [0.1, 0.15) is 53.6 Å². The zero-order valence-electron chi connectivity index (χ0n) is 22.0.